The van der Waals surface area contributed by atoms with E-state index in [0.29, 0.717) is 13.2 Å². The van der Waals surface area contributed by atoms with Crippen LogP contribution >= 0.6 is 0 Å². The third-order valence-corrected chi connectivity index (χ3v) is 2.24. The molecule has 4 heteroatoms. The maximum absolute atomic E-state index is 11.4. The number of likely N-dealkylation sites (N-methyl/N-ethyl adjacent to an activating group) is 1. The number of ether oxygens (including phenoxy) is 2. The average Bonchev–Trinajstić information content (AvgIpc) is 2.22. The molecule has 0 heterocycles. The fourth-order valence-electron chi connectivity index (χ4n) is 0.824. The summed E-state index contributed by atoms with van der Waals surface area (Å²) in [7, 11) is 1.74. The molecule has 0 spiro atoms. The van der Waals surface area contributed by atoms with Crippen molar-refractivity contribution in [1.82, 2.24) is 5.32 Å². The lowest BCUT2D eigenvalue weighted by Gasteiger charge is -2.21. The number of carbonyl (C=O) groups is 1. The second kappa shape index (κ2) is 7.65. The van der Waals surface area contributed by atoms with Crippen molar-refractivity contribution in [3.05, 3.63) is 0 Å². The summed E-state index contributed by atoms with van der Waals surface area (Å²) in [5.74, 6) is -0.246. The Hall–Kier alpha value is -0.610. The van der Waals surface area contributed by atoms with Gasteiger partial charge in [0.1, 0.15) is 12.1 Å². The highest BCUT2D eigenvalue weighted by Crippen LogP contribution is 2.03. The van der Waals surface area contributed by atoms with Gasteiger partial charge in [0.15, 0.2) is 0 Å². The Labute approximate surface area is 92.3 Å². The van der Waals surface area contributed by atoms with Crippen LogP contribution in [0.1, 0.15) is 33.6 Å². The van der Waals surface area contributed by atoms with Crippen molar-refractivity contribution in [1.29, 1.82) is 0 Å². The molecular formula is C11H23NO3. The van der Waals surface area contributed by atoms with Crippen molar-refractivity contribution in [2.45, 2.75) is 39.2 Å². The van der Waals surface area contributed by atoms with E-state index < -0.39 is 5.54 Å². The van der Waals surface area contributed by atoms with E-state index >= 15 is 0 Å². The van der Waals surface area contributed by atoms with Crippen molar-refractivity contribution in [3.8, 4) is 0 Å². The number of hydrogen-bond acceptors (Lipinski definition) is 4. The van der Waals surface area contributed by atoms with Gasteiger partial charge in [0.05, 0.1) is 6.61 Å². The van der Waals surface area contributed by atoms with Crippen LogP contribution in [0.25, 0.3) is 0 Å². The Bertz CT molecular complexity index is 181. The normalized spacial score (nSPS) is 11.5. The van der Waals surface area contributed by atoms with E-state index in [-0.39, 0.29) is 5.97 Å². The van der Waals surface area contributed by atoms with Gasteiger partial charge in [0.25, 0.3) is 0 Å². The van der Waals surface area contributed by atoms with E-state index in [4.69, 9.17) is 9.47 Å². The zero-order valence-electron chi connectivity index (χ0n) is 10.3. The van der Waals surface area contributed by atoms with E-state index in [1.165, 1.54) is 0 Å². The first-order chi connectivity index (χ1) is 7.04. The third-order valence-electron chi connectivity index (χ3n) is 2.24. The lowest BCUT2D eigenvalue weighted by molar-refractivity contribution is -0.151. The van der Waals surface area contributed by atoms with E-state index in [9.17, 15) is 4.79 Å². The van der Waals surface area contributed by atoms with Crippen LogP contribution in [0.2, 0.25) is 0 Å². The van der Waals surface area contributed by atoms with Crippen LogP contribution in [-0.2, 0) is 14.3 Å². The Balaban J connectivity index is 3.47. The molecule has 0 saturated heterocycles. The minimum Gasteiger partial charge on any atom is -0.462 e. The minimum atomic E-state index is -0.622. The molecule has 0 aromatic heterocycles. The Morgan fingerprint density at radius 3 is 2.47 bits per heavy atom. The molecule has 0 aliphatic carbocycles. The summed E-state index contributed by atoms with van der Waals surface area (Å²) < 4.78 is 10.3. The zero-order valence-corrected chi connectivity index (χ0v) is 10.3. The number of rotatable bonds is 8. The number of nitrogens with one attached hydrogen (secondary N) is 1. The molecule has 0 atom stereocenters. The van der Waals surface area contributed by atoms with Crippen LogP contribution in [0, 0.1) is 0 Å². The van der Waals surface area contributed by atoms with Gasteiger partial charge < -0.3 is 14.8 Å². The summed E-state index contributed by atoms with van der Waals surface area (Å²) in [5.41, 5.74) is -0.622. The van der Waals surface area contributed by atoms with Crippen LogP contribution < -0.4 is 5.32 Å². The quantitative estimate of drug-likeness (QED) is 0.492. The van der Waals surface area contributed by atoms with Gasteiger partial charge in [0, 0.05) is 6.61 Å². The Morgan fingerprint density at radius 1 is 1.27 bits per heavy atom. The SMILES string of the molecule is CCCCOCCOC(=O)C(C)(C)NC. The van der Waals surface area contributed by atoms with Crippen molar-refractivity contribution >= 4 is 5.97 Å². The number of esters is 1. The summed E-state index contributed by atoms with van der Waals surface area (Å²) in [6.45, 7) is 7.22. The second-order valence-corrected chi connectivity index (χ2v) is 3.98. The third kappa shape index (κ3) is 6.47. The predicted octanol–water partition coefficient (Wildman–Crippen LogP) is 1.34. The highest BCUT2D eigenvalue weighted by Gasteiger charge is 2.26. The summed E-state index contributed by atoms with van der Waals surface area (Å²) >= 11 is 0. The molecule has 0 unspecified atom stereocenters. The summed E-state index contributed by atoms with van der Waals surface area (Å²) in [4.78, 5) is 11.4. The summed E-state index contributed by atoms with van der Waals surface area (Å²) in [6.07, 6.45) is 2.17. The first-order valence-electron chi connectivity index (χ1n) is 5.48. The molecule has 4 nitrogen and oxygen atoms in total. The lowest BCUT2D eigenvalue weighted by Crippen LogP contribution is -2.45. The molecule has 0 saturated carbocycles. The molecule has 90 valence electrons. The molecule has 1 N–H and O–H groups in total. The van der Waals surface area contributed by atoms with E-state index in [1.807, 2.05) is 0 Å². The number of hydrogen-bond donors (Lipinski definition) is 1. The van der Waals surface area contributed by atoms with Crippen molar-refractivity contribution in [3.63, 3.8) is 0 Å². The van der Waals surface area contributed by atoms with Crippen LogP contribution in [0.5, 0.6) is 0 Å². The molecule has 0 radical (unpaired) electrons. The van der Waals surface area contributed by atoms with Gasteiger partial charge in [-0.2, -0.15) is 0 Å². The van der Waals surface area contributed by atoms with Gasteiger partial charge in [0.2, 0.25) is 0 Å². The first kappa shape index (κ1) is 14.4. The van der Waals surface area contributed by atoms with Gasteiger partial charge in [-0.25, -0.2) is 0 Å². The summed E-state index contributed by atoms with van der Waals surface area (Å²) in [6, 6.07) is 0. The zero-order chi connectivity index (χ0) is 11.7. The fourth-order valence-corrected chi connectivity index (χ4v) is 0.824. The standard InChI is InChI=1S/C11H23NO3/c1-5-6-7-14-8-9-15-10(13)11(2,3)12-4/h12H,5-9H2,1-4H3. The fraction of sp³-hybridized carbons (Fsp3) is 0.909. The highest BCUT2D eigenvalue weighted by atomic mass is 16.6. The maximum atomic E-state index is 11.4. The topological polar surface area (TPSA) is 47.6 Å². The van der Waals surface area contributed by atoms with Gasteiger partial charge in [-0.15, -0.1) is 0 Å². The van der Waals surface area contributed by atoms with Crippen molar-refractivity contribution in [2.75, 3.05) is 26.9 Å². The number of carbonyl (C=O) groups excluding carboxylic acids is 1. The molecule has 0 aliphatic heterocycles. The Morgan fingerprint density at radius 2 is 1.93 bits per heavy atom. The van der Waals surface area contributed by atoms with E-state index in [0.717, 1.165) is 19.4 Å². The van der Waals surface area contributed by atoms with Crippen LogP contribution in [0.15, 0.2) is 0 Å². The van der Waals surface area contributed by atoms with Gasteiger partial charge in [-0.05, 0) is 27.3 Å². The van der Waals surface area contributed by atoms with Crippen LogP contribution in [0.3, 0.4) is 0 Å². The van der Waals surface area contributed by atoms with Crippen molar-refractivity contribution < 1.29 is 14.3 Å². The van der Waals surface area contributed by atoms with Gasteiger partial charge in [-0.1, -0.05) is 13.3 Å². The summed E-state index contributed by atoms with van der Waals surface area (Å²) in [5, 5.41) is 2.89. The molecule has 0 rings (SSSR count). The molecule has 0 aliphatic rings. The minimum absolute atomic E-state index is 0.246. The molecule has 0 amide bonds. The van der Waals surface area contributed by atoms with Gasteiger partial charge in [-0.3, -0.25) is 4.79 Å². The van der Waals surface area contributed by atoms with Gasteiger partial charge >= 0.3 is 5.97 Å². The maximum Gasteiger partial charge on any atom is 0.325 e. The first-order valence-corrected chi connectivity index (χ1v) is 5.48. The predicted molar refractivity (Wildman–Crippen MR) is 59.8 cm³/mol. The average molecular weight is 217 g/mol. The molecular weight excluding hydrogens is 194 g/mol. The lowest BCUT2D eigenvalue weighted by atomic mass is 10.1. The molecule has 0 aromatic rings. The Kier molecular flexibility index (Phi) is 7.34. The monoisotopic (exact) mass is 217 g/mol. The molecule has 0 aromatic carbocycles. The molecule has 15 heavy (non-hydrogen) atoms. The molecule has 0 fully saturated rings. The smallest absolute Gasteiger partial charge is 0.325 e. The van der Waals surface area contributed by atoms with Crippen LogP contribution in [-0.4, -0.2) is 38.4 Å². The highest BCUT2D eigenvalue weighted by molar-refractivity contribution is 5.79. The van der Waals surface area contributed by atoms with E-state index in [2.05, 4.69) is 12.2 Å². The van der Waals surface area contributed by atoms with Crippen molar-refractivity contribution in [2.24, 2.45) is 0 Å². The second-order valence-electron chi connectivity index (χ2n) is 3.98. The van der Waals surface area contributed by atoms with Crippen LogP contribution in [0.4, 0.5) is 0 Å². The van der Waals surface area contributed by atoms with E-state index in [1.54, 1.807) is 20.9 Å². The largest absolute Gasteiger partial charge is 0.462 e. The molecule has 0 bridgehead atoms. The number of unbranched alkanes of at least 4 members (excludes halogenated alkanes) is 1.